The molecule has 6 heteroatoms. The van der Waals surface area contributed by atoms with E-state index in [2.05, 4.69) is 0 Å². The monoisotopic (exact) mass is 141 g/mol. The first kappa shape index (κ1) is 7.83. The molecule has 0 aromatic carbocycles. The van der Waals surface area contributed by atoms with E-state index in [0.29, 0.717) is 0 Å². The minimum absolute atomic E-state index is 1.17. The lowest BCUT2D eigenvalue weighted by atomic mass is 10.7. The second-order valence-corrected chi connectivity index (χ2v) is 2.45. The Kier molecular flexibility index (Phi) is 2.35. The molecule has 5 nitrogen and oxygen atoms in total. The van der Waals surface area contributed by atoms with Gasteiger partial charge in [0.25, 0.3) is 0 Å². The zero-order valence-corrected chi connectivity index (χ0v) is 5.01. The summed E-state index contributed by atoms with van der Waals surface area (Å²) in [6, 6.07) is 0. The van der Waals surface area contributed by atoms with Crippen molar-refractivity contribution in [1.29, 1.82) is 0 Å². The zero-order valence-electron chi connectivity index (χ0n) is 4.20. The van der Waals surface area contributed by atoms with Crippen LogP contribution in [0.1, 0.15) is 6.92 Å². The van der Waals surface area contributed by atoms with E-state index in [1.54, 1.807) is 0 Å². The summed E-state index contributed by atoms with van der Waals surface area (Å²) in [4.78, 5) is 0. The molecular formula is C2H7NO4S. The van der Waals surface area contributed by atoms with Gasteiger partial charge in [0.15, 0.2) is 0 Å². The largest absolute Gasteiger partial charge is 0.378 e. The summed E-state index contributed by atoms with van der Waals surface area (Å²) in [6.07, 6.45) is -1.25. The van der Waals surface area contributed by atoms with E-state index in [-0.39, 0.29) is 0 Å². The molecule has 50 valence electrons. The number of aliphatic hydroxyl groups is 1. The molecule has 0 heterocycles. The van der Waals surface area contributed by atoms with Crippen LogP contribution in [0.15, 0.2) is 0 Å². The average Bonchev–Trinajstić information content (AvgIpc) is 1.21. The third-order valence-corrected chi connectivity index (χ3v) is 0.958. The molecule has 0 amide bonds. The normalized spacial score (nSPS) is 15.9. The molecule has 8 heavy (non-hydrogen) atoms. The van der Waals surface area contributed by atoms with Crippen molar-refractivity contribution in [2.45, 2.75) is 13.2 Å². The highest BCUT2D eigenvalue weighted by Crippen LogP contribution is 1.75. The minimum Gasteiger partial charge on any atom is -0.378 e. The fraction of sp³-hybridized carbons (Fsp3) is 1.00. The maximum absolute atomic E-state index is 9.73. The van der Waals surface area contributed by atoms with E-state index in [1.807, 2.05) is 0 Å². The van der Waals surface area contributed by atoms with Crippen molar-refractivity contribution >= 4 is 10.3 Å². The molecule has 0 rings (SSSR count). The first-order valence-electron chi connectivity index (χ1n) is 1.84. The number of aliphatic hydroxyl groups excluding tert-OH is 1. The molecule has 0 saturated carbocycles. The van der Waals surface area contributed by atoms with Crippen LogP contribution in [0.5, 0.6) is 0 Å². The summed E-state index contributed by atoms with van der Waals surface area (Å²) in [7, 11) is -4.22. The van der Waals surface area contributed by atoms with Gasteiger partial charge in [-0.15, -0.1) is 0 Å². The Balaban J connectivity index is 3.75. The second kappa shape index (κ2) is 2.40. The first-order chi connectivity index (χ1) is 3.42. The fourth-order valence-electron chi connectivity index (χ4n) is 0.216. The molecule has 1 atom stereocenters. The Hall–Kier alpha value is -0.170. The van der Waals surface area contributed by atoms with Crippen molar-refractivity contribution in [2.75, 3.05) is 0 Å². The number of hydrogen-bond acceptors (Lipinski definition) is 3. The van der Waals surface area contributed by atoms with E-state index in [0.717, 1.165) is 0 Å². The van der Waals surface area contributed by atoms with Crippen molar-refractivity contribution in [1.82, 2.24) is 4.72 Å². The van der Waals surface area contributed by atoms with Gasteiger partial charge in [-0.2, -0.15) is 13.1 Å². The van der Waals surface area contributed by atoms with Crippen molar-refractivity contribution in [3.05, 3.63) is 0 Å². The molecule has 0 aliphatic heterocycles. The molecule has 0 aromatic heterocycles. The smallest absolute Gasteiger partial charge is 0.335 e. The van der Waals surface area contributed by atoms with Gasteiger partial charge >= 0.3 is 10.3 Å². The van der Waals surface area contributed by atoms with E-state index in [9.17, 15) is 8.42 Å². The second-order valence-electron chi connectivity index (χ2n) is 1.27. The van der Waals surface area contributed by atoms with Gasteiger partial charge in [-0.25, -0.2) is 0 Å². The third-order valence-electron chi connectivity index (χ3n) is 0.319. The minimum atomic E-state index is -4.22. The van der Waals surface area contributed by atoms with Crippen molar-refractivity contribution < 1.29 is 18.1 Å². The summed E-state index contributed by atoms with van der Waals surface area (Å²) < 4.78 is 28.8. The molecule has 0 bridgehead atoms. The number of hydrogen-bond donors (Lipinski definition) is 3. The van der Waals surface area contributed by atoms with E-state index >= 15 is 0 Å². The van der Waals surface area contributed by atoms with E-state index in [4.69, 9.17) is 9.66 Å². The molecule has 0 aliphatic rings. The van der Waals surface area contributed by atoms with Crippen LogP contribution in [0.4, 0.5) is 0 Å². The predicted octanol–water partition coefficient (Wildman–Crippen LogP) is -1.28. The Bertz CT molecular complexity index is 147. The van der Waals surface area contributed by atoms with Crippen LogP contribution >= 0.6 is 0 Å². The Morgan fingerprint density at radius 2 is 2.00 bits per heavy atom. The highest BCUT2D eigenvalue weighted by molar-refractivity contribution is 7.83. The van der Waals surface area contributed by atoms with Crippen LogP contribution in [0, 0.1) is 0 Å². The molecule has 0 aliphatic carbocycles. The van der Waals surface area contributed by atoms with Crippen molar-refractivity contribution in [3.8, 4) is 0 Å². The Labute approximate surface area is 47.2 Å². The van der Waals surface area contributed by atoms with Crippen LogP contribution in [0.3, 0.4) is 0 Å². The fourth-order valence-corrected chi connectivity index (χ4v) is 0.647. The standard InChI is InChI=1S/C2H7NO4S/c1-2(4)3-8(5,6)7/h2-4H,1H3,(H,5,6,7). The zero-order chi connectivity index (χ0) is 6.78. The van der Waals surface area contributed by atoms with Crippen LogP contribution < -0.4 is 4.72 Å². The van der Waals surface area contributed by atoms with Gasteiger partial charge in [0.2, 0.25) is 0 Å². The van der Waals surface area contributed by atoms with Gasteiger partial charge in [0.05, 0.1) is 0 Å². The lowest BCUT2D eigenvalue weighted by molar-refractivity contribution is 0.179. The number of rotatable bonds is 2. The lowest BCUT2D eigenvalue weighted by Gasteiger charge is -2.00. The quantitative estimate of drug-likeness (QED) is 0.330. The Morgan fingerprint density at radius 1 is 1.62 bits per heavy atom. The van der Waals surface area contributed by atoms with Crippen molar-refractivity contribution in [2.24, 2.45) is 0 Å². The molecule has 1 unspecified atom stereocenters. The molecule has 3 N–H and O–H groups in total. The van der Waals surface area contributed by atoms with Crippen molar-refractivity contribution in [3.63, 3.8) is 0 Å². The Morgan fingerprint density at radius 3 is 2.00 bits per heavy atom. The molecule has 0 saturated heterocycles. The van der Waals surface area contributed by atoms with Crippen LogP contribution in [-0.4, -0.2) is 24.3 Å². The van der Waals surface area contributed by atoms with Crippen LogP contribution in [0.2, 0.25) is 0 Å². The van der Waals surface area contributed by atoms with Gasteiger partial charge in [-0.05, 0) is 6.92 Å². The van der Waals surface area contributed by atoms with Gasteiger partial charge in [0, 0.05) is 0 Å². The molecule has 0 fully saturated rings. The molecular weight excluding hydrogens is 134 g/mol. The predicted molar refractivity (Wildman–Crippen MR) is 26.4 cm³/mol. The number of nitrogens with one attached hydrogen (secondary N) is 1. The van der Waals surface area contributed by atoms with Gasteiger partial charge in [0.1, 0.15) is 6.23 Å². The summed E-state index contributed by atoms with van der Waals surface area (Å²) in [5.74, 6) is 0. The average molecular weight is 141 g/mol. The van der Waals surface area contributed by atoms with Crippen LogP contribution in [-0.2, 0) is 10.3 Å². The third kappa shape index (κ3) is 5.83. The summed E-state index contributed by atoms with van der Waals surface area (Å²) in [5, 5.41) is 8.24. The van der Waals surface area contributed by atoms with Crippen LogP contribution in [0.25, 0.3) is 0 Å². The summed E-state index contributed by atoms with van der Waals surface area (Å²) >= 11 is 0. The molecule has 0 spiro atoms. The van der Waals surface area contributed by atoms with Gasteiger partial charge < -0.3 is 5.11 Å². The van der Waals surface area contributed by atoms with E-state index in [1.165, 1.54) is 11.6 Å². The topological polar surface area (TPSA) is 86.6 Å². The SMILES string of the molecule is CC(O)NS(=O)(=O)O. The lowest BCUT2D eigenvalue weighted by Crippen LogP contribution is -2.31. The maximum Gasteiger partial charge on any atom is 0.335 e. The van der Waals surface area contributed by atoms with Gasteiger partial charge in [-0.3, -0.25) is 4.55 Å². The summed E-state index contributed by atoms with van der Waals surface area (Å²) in [5.41, 5.74) is 0. The molecule has 0 radical (unpaired) electrons. The summed E-state index contributed by atoms with van der Waals surface area (Å²) in [6.45, 7) is 1.17. The highest BCUT2D eigenvalue weighted by Gasteiger charge is 2.04. The molecule has 0 aromatic rings. The first-order valence-corrected chi connectivity index (χ1v) is 3.28. The highest BCUT2D eigenvalue weighted by atomic mass is 32.2. The maximum atomic E-state index is 9.73. The van der Waals surface area contributed by atoms with Gasteiger partial charge in [-0.1, -0.05) is 0 Å². The van der Waals surface area contributed by atoms with E-state index < -0.39 is 16.5 Å².